The van der Waals surface area contributed by atoms with Crippen LogP contribution in [0.4, 0.5) is 0 Å². The van der Waals surface area contributed by atoms with Gasteiger partial charge in [0.25, 0.3) is 0 Å². The molecule has 0 amide bonds. The maximum Gasteiger partial charge on any atom is 0.221 e. The van der Waals surface area contributed by atoms with Gasteiger partial charge in [0.2, 0.25) is 5.65 Å². The second-order valence-corrected chi connectivity index (χ2v) is 6.93. The Hall–Kier alpha value is -4.42. The van der Waals surface area contributed by atoms with Crippen LogP contribution in [0.25, 0.3) is 22.6 Å². The monoisotopic (exact) mass is 408 g/mol. The lowest BCUT2D eigenvalue weighted by molar-refractivity contribution is -0.00338. The molecule has 5 rings (SSSR count). The number of amidine groups is 1. The molecule has 0 spiro atoms. The lowest BCUT2D eigenvalue weighted by atomic mass is 10.1. The first-order valence-electron chi connectivity index (χ1n) is 9.57. The van der Waals surface area contributed by atoms with E-state index in [4.69, 9.17) is 0 Å². The van der Waals surface area contributed by atoms with Crippen LogP contribution in [0.1, 0.15) is 16.7 Å². The first-order chi connectivity index (χ1) is 15.2. The number of fused-ring (bicyclic) bond motifs is 1. The van der Waals surface area contributed by atoms with Gasteiger partial charge in [-0.15, -0.1) is 5.10 Å². The highest BCUT2D eigenvalue weighted by Gasteiger charge is 2.15. The minimum absolute atomic E-state index is 0.388. The van der Waals surface area contributed by atoms with Crippen LogP contribution >= 0.6 is 0 Å². The average molecular weight is 408 g/mol. The summed E-state index contributed by atoms with van der Waals surface area (Å²) in [5, 5.41) is 28.9. The summed E-state index contributed by atoms with van der Waals surface area (Å²) in [7, 11) is 0. The quantitative estimate of drug-likeness (QED) is 0.552. The zero-order valence-corrected chi connectivity index (χ0v) is 16.3. The summed E-state index contributed by atoms with van der Waals surface area (Å²) < 4.78 is 1.67. The van der Waals surface area contributed by atoms with Crippen molar-refractivity contribution in [1.29, 1.82) is 5.26 Å². The number of nitriles is 1. The predicted octanol–water partition coefficient (Wildman–Crippen LogP) is 2.77. The molecule has 0 unspecified atom stereocenters. The SMILES string of the molecule is N#Cc1ccccc1-c1cnc2nnn(Cc3cccc(C4=NC=CCN4O)c3)c2n1. The van der Waals surface area contributed by atoms with Crippen molar-refractivity contribution < 1.29 is 5.21 Å². The van der Waals surface area contributed by atoms with Gasteiger partial charge in [-0.2, -0.15) is 5.26 Å². The van der Waals surface area contributed by atoms with Crippen LogP contribution in [0.3, 0.4) is 0 Å². The minimum atomic E-state index is 0.388. The number of hydroxylamine groups is 2. The molecule has 1 N–H and O–H groups in total. The number of hydrogen-bond donors (Lipinski definition) is 1. The number of hydrogen-bond acceptors (Lipinski definition) is 8. The Morgan fingerprint density at radius 1 is 1.13 bits per heavy atom. The Bertz CT molecular complexity index is 1380. The van der Waals surface area contributed by atoms with Crippen LogP contribution in [0, 0.1) is 11.3 Å². The van der Waals surface area contributed by atoms with Gasteiger partial charge >= 0.3 is 0 Å². The average Bonchev–Trinajstić information content (AvgIpc) is 3.21. The standard InChI is InChI=1S/C22H16N8O/c23-12-17-6-1-2-8-18(17)19-13-25-20-22(26-19)29(28-27-20)14-15-5-3-7-16(11-15)21-24-9-4-10-30(21)31/h1-9,11,13,31H,10,14H2. The van der Waals surface area contributed by atoms with Crippen LogP contribution in [-0.4, -0.2) is 47.6 Å². The first kappa shape index (κ1) is 18.6. The molecule has 2 aromatic carbocycles. The van der Waals surface area contributed by atoms with Crippen molar-refractivity contribution in [2.75, 3.05) is 6.54 Å². The largest absolute Gasteiger partial charge is 0.287 e. The lowest BCUT2D eigenvalue weighted by Gasteiger charge is -2.20. The van der Waals surface area contributed by atoms with Crippen molar-refractivity contribution in [2.24, 2.45) is 4.99 Å². The fraction of sp³-hybridized carbons (Fsp3) is 0.0909. The van der Waals surface area contributed by atoms with E-state index < -0.39 is 0 Å². The summed E-state index contributed by atoms with van der Waals surface area (Å²) in [5.74, 6) is 0.489. The minimum Gasteiger partial charge on any atom is -0.287 e. The Morgan fingerprint density at radius 3 is 2.90 bits per heavy atom. The van der Waals surface area contributed by atoms with Crippen molar-refractivity contribution in [1.82, 2.24) is 30.0 Å². The van der Waals surface area contributed by atoms with E-state index in [0.717, 1.165) is 16.2 Å². The van der Waals surface area contributed by atoms with Gasteiger partial charge in [-0.1, -0.05) is 41.6 Å². The maximum absolute atomic E-state index is 10.1. The second-order valence-electron chi connectivity index (χ2n) is 6.93. The fourth-order valence-corrected chi connectivity index (χ4v) is 3.42. The number of nitrogens with zero attached hydrogens (tertiary/aromatic N) is 8. The molecule has 0 saturated carbocycles. The predicted molar refractivity (Wildman–Crippen MR) is 113 cm³/mol. The van der Waals surface area contributed by atoms with Crippen molar-refractivity contribution in [3.8, 4) is 17.3 Å². The first-order valence-corrected chi connectivity index (χ1v) is 9.57. The highest BCUT2D eigenvalue weighted by Crippen LogP contribution is 2.22. The third-order valence-corrected chi connectivity index (χ3v) is 4.89. The van der Waals surface area contributed by atoms with Crippen LogP contribution < -0.4 is 0 Å². The summed E-state index contributed by atoms with van der Waals surface area (Å²) in [5.41, 5.74) is 4.51. The Balaban J connectivity index is 1.51. The van der Waals surface area contributed by atoms with E-state index in [0.29, 0.717) is 47.0 Å². The summed E-state index contributed by atoms with van der Waals surface area (Å²) >= 11 is 0. The molecule has 0 saturated heterocycles. The van der Waals surface area contributed by atoms with Gasteiger partial charge in [0.15, 0.2) is 11.5 Å². The lowest BCUT2D eigenvalue weighted by Crippen LogP contribution is -2.30. The van der Waals surface area contributed by atoms with E-state index in [1.54, 1.807) is 29.2 Å². The molecular formula is C22H16N8O. The molecule has 0 fully saturated rings. The molecule has 0 bridgehead atoms. The molecule has 9 nitrogen and oxygen atoms in total. The van der Waals surface area contributed by atoms with E-state index in [1.165, 1.54) is 0 Å². The van der Waals surface area contributed by atoms with Gasteiger partial charge < -0.3 is 0 Å². The molecule has 31 heavy (non-hydrogen) atoms. The molecule has 3 heterocycles. The van der Waals surface area contributed by atoms with Crippen LogP contribution in [-0.2, 0) is 6.54 Å². The fourth-order valence-electron chi connectivity index (χ4n) is 3.42. The van der Waals surface area contributed by atoms with Crippen LogP contribution in [0.15, 0.2) is 72.0 Å². The zero-order chi connectivity index (χ0) is 21.2. The van der Waals surface area contributed by atoms with Gasteiger partial charge in [0, 0.05) is 17.3 Å². The van der Waals surface area contributed by atoms with E-state index in [-0.39, 0.29) is 0 Å². The summed E-state index contributed by atoms with van der Waals surface area (Å²) in [6.07, 6.45) is 5.05. The molecular weight excluding hydrogens is 392 g/mol. The Morgan fingerprint density at radius 2 is 2.03 bits per heavy atom. The summed E-state index contributed by atoms with van der Waals surface area (Å²) in [6, 6.07) is 17.1. The molecule has 150 valence electrons. The van der Waals surface area contributed by atoms with Gasteiger partial charge in [-0.05, 0) is 23.8 Å². The third-order valence-electron chi connectivity index (χ3n) is 4.89. The maximum atomic E-state index is 10.1. The van der Waals surface area contributed by atoms with E-state index >= 15 is 0 Å². The van der Waals surface area contributed by atoms with Crippen molar-refractivity contribution in [3.63, 3.8) is 0 Å². The number of aliphatic imine (C=N–C) groups is 1. The Kier molecular flexibility index (Phi) is 4.67. The summed E-state index contributed by atoms with van der Waals surface area (Å²) in [6.45, 7) is 0.802. The topological polar surface area (TPSA) is 116 Å². The van der Waals surface area contributed by atoms with E-state index in [2.05, 4.69) is 31.3 Å². The highest BCUT2D eigenvalue weighted by atomic mass is 16.5. The zero-order valence-electron chi connectivity index (χ0n) is 16.3. The number of rotatable bonds is 4. The van der Waals surface area contributed by atoms with Crippen LogP contribution in [0.2, 0.25) is 0 Å². The number of benzene rings is 2. The molecule has 4 aromatic rings. The van der Waals surface area contributed by atoms with E-state index in [1.807, 2.05) is 42.5 Å². The van der Waals surface area contributed by atoms with Crippen molar-refractivity contribution in [3.05, 3.63) is 83.7 Å². The molecule has 0 aliphatic carbocycles. The molecule has 1 aliphatic heterocycles. The van der Waals surface area contributed by atoms with Gasteiger partial charge in [-0.3, -0.25) is 5.21 Å². The van der Waals surface area contributed by atoms with Gasteiger partial charge in [-0.25, -0.2) is 24.7 Å². The number of aromatic nitrogens is 5. The third kappa shape index (κ3) is 3.52. The molecule has 0 radical (unpaired) electrons. The van der Waals surface area contributed by atoms with E-state index in [9.17, 15) is 10.5 Å². The summed E-state index contributed by atoms with van der Waals surface area (Å²) in [4.78, 5) is 13.3. The van der Waals surface area contributed by atoms with Crippen LogP contribution in [0.5, 0.6) is 0 Å². The van der Waals surface area contributed by atoms with Gasteiger partial charge in [0.05, 0.1) is 36.6 Å². The van der Waals surface area contributed by atoms with Crippen molar-refractivity contribution >= 4 is 17.1 Å². The molecule has 2 aromatic heterocycles. The van der Waals surface area contributed by atoms with Gasteiger partial charge in [0.1, 0.15) is 0 Å². The highest BCUT2D eigenvalue weighted by molar-refractivity contribution is 5.99. The second kappa shape index (κ2) is 7.78. The molecule has 1 aliphatic rings. The normalized spacial score (nSPS) is 13.3. The molecule has 0 atom stereocenters. The smallest absolute Gasteiger partial charge is 0.221 e. The van der Waals surface area contributed by atoms with Crippen molar-refractivity contribution in [2.45, 2.75) is 6.54 Å². The Labute approximate surface area is 177 Å². The molecule has 9 heteroatoms.